The molecular formula is C8H12F5NO4S. The van der Waals surface area contributed by atoms with Crippen molar-refractivity contribution in [1.29, 1.82) is 0 Å². The Morgan fingerprint density at radius 2 is 1.63 bits per heavy atom. The Hall–Kier alpha value is -0.970. The normalized spacial score (nSPS) is 13.7. The van der Waals surface area contributed by atoms with Crippen molar-refractivity contribution >= 4 is 16.0 Å². The average molecular weight is 313 g/mol. The number of hydrogen-bond donors (Lipinski definition) is 0. The van der Waals surface area contributed by atoms with E-state index in [9.17, 15) is 35.2 Å². The second-order valence-corrected chi connectivity index (χ2v) is 5.23. The lowest BCUT2D eigenvalue weighted by Crippen LogP contribution is -2.52. The Balaban J connectivity index is 5.32. The summed E-state index contributed by atoms with van der Waals surface area (Å²) in [4.78, 5) is 11.0. The molecule has 0 N–H and O–H groups in total. The van der Waals surface area contributed by atoms with Gasteiger partial charge in [0, 0.05) is 6.54 Å². The minimum atomic E-state index is -6.27. The third-order valence-electron chi connectivity index (χ3n) is 1.96. The van der Waals surface area contributed by atoms with Gasteiger partial charge in [0.1, 0.15) is 6.54 Å². The van der Waals surface area contributed by atoms with Gasteiger partial charge in [0.05, 0.1) is 6.61 Å². The van der Waals surface area contributed by atoms with Gasteiger partial charge in [-0.25, -0.2) is 8.42 Å². The number of alkyl halides is 5. The molecule has 5 nitrogen and oxygen atoms in total. The van der Waals surface area contributed by atoms with E-state index in [-0.39, 0.29) is 10.9 Å². The maximum absolute atomic E-state index is 12.9. The first kappa shape index (κ1) is 18.0. The number of ether oxygens (including phenoxy) is 1. The van der Waals surface area contributed by atoms with E-state index in [0.29, 0.717) is 0 Å². The van der Waals surface area contributed by atoms with Gasteiger partial charge in [-0.2, -0.15) is 26.3 Å². The summed E-state index contributed by atoms with van der Waals surface area (Å²) < 4.78 is 88.3. The van der Waals surface area contributed by atoms with Gasteiger partial charge in [-0.15, -0.1) is 0 Å². The predicted octanol–water partition coefficient (Wildman–Crippen LogP) is 1.36. The van der Waals surface area contributed by atoms with Crippen molar-refractivity contribution in [3.8, 4) is 0 Å². The van der Waals surface area contributed by atoms with E-state index in [1.165, 1.54) is 6.92 Å². The summed E-state index contributed by atoms with van der Waals surface area (Å²) >= 11 is 0. The van der Waals surface area contributed by atoms with Crippen LogP contribution in [0.2, 0.25) is 0 Å². The van der Waals surface area contributed by atoms with Crippen LogP contribution in [0.4, 0.5) is 22.0 Å². The fourth-order valence-electron chi connectivity index (χ4n) is 1.03. The Labute approximate surface area is 106 Å². The predicted molar refractivity (Wildman–Crippen MR) is 53.8 cm³/mol. The second-order valence-electron chi connectivity index (χ2n) is 3.25. The minimum absolute atomic E-state index is 0.161. The molecule has 0 saturated heterocycles. The lowest BCUT2D eigenvalue weighted by atomic mass is 10.6. The van der Waals surface area contributed by atoms with Crippen LogP contribution in [0.5, 0.6) is 0 Å². The first-order chi connectivity index (χ1) is 8.41. The van der Waals surface area contributed by atoms with E-state index in [1.807, 2.05) is 0 Å². The zero-order valence-corrected chi connectivity index (χ0v) is 10.8. The van der Waals surface area contributed by atoms with Crippen LogP contribution < -0.4 is 0 Å². The highest BCUT2D eigenvalue weighted by Crippen LogP contribution is 2.41. The van der Waals surface area contributed by atoms with Gasteiger partial charge in [0.15, 0.2) is 0 Å². The second kappa shape index (κ2) is 5.99. The van der Waals surface area contributed by atoms with Crippen LogP contribution >= 0.6 is 0 Å². The topological polar surface area (TPSA) is 63.7 Å². The van der Waals surface area contributed by atoms with E-state index < -0.39 is 40.5 Å². The number of sulfonamides is 1. The molecule has 11 heteroatoms. The number of carbonyl (C=O) groups excluding carboxylic acids is 1. The maximum Gasteiger partial charge on any atom is 0.470 e. The molecule has 0 aromatic heterocycles. The third kappa shape index (κ3) is 3.75. The number of carbonyl (C=O) groups is 1. The van der Waals surface area contributed by atoms with Gasteiger partial charge in [-0.3, -0.25) is 4.79 Å². The van der Waals surface area contributed by atoms with E-state index in [0.717, 1.165) is 6.92 Å². The molecule has 0 aliphatic carbocycles. The molecule has 0 aromatic rings. The average Bonchev–Trinajstić information content (AvgIpc) is 2.24. The molecule has 0 bridgehead atoms. The van der Waals surface area contributed by atoms with Gasteiger partial charge >= 0.3 is 17.4 Å². The highest BCUT2D eigenvalue weighted by molar-refractivity contribution is 7.90. The van der Waals surface area contributed by atoms with Gasteiger partial charge in [-0.05, 0) is 6.92 Å². The first-order valence-corrected chi connectivity index (χ1v) is 6.45. The summed E-state index contributed by atoms with van der Waals surface area (Å²) in [7, 11) is -6.05. The molecule has 0 unspecified atom stereocenters. The summed E-state index contributed by atoms with van der Waals surface area (Å²) in [6, 6.07) is 0. The molecule has 0 fully saturated rings. The standard InChI is InChI=1S/C8H12F5NO4S/c1-3-14(5-6(15)18-4-2)19(16,17)8(12,13)7(9,10)11/h3-5H2,1-2H3. The summed E-state index contributed by atoms with van der Waals surface area (Å²) in [5.41, 5.74) is 0. The highest BCUT2D eigenvalue weighted by Gasteiger charge is 2.68. The highest BCUT2D eigenvalue weighted by atomic mass is 32.2. The van der Waals surface area contributed by atoms with Crippen LogP contribution in [-0.2, 0) is 19.6 Å². The number of likely N-dealkylation sites (N-methyl/N-ethyl adjacent to an activating group) is 1. The first-order valence-electron chi connectivity index (χ1n) is 5.01. The van der Waals surface area contributed by atoms with Crippen LogP contribution in [-0.4, -0.2) is 49.8 Å². The van der Waals surface area contributed by atoms with E-state index in [4.69, 9.17) is 0 Å². The molecule has 19 heavy (non-hydrogen) atoms. The van der Waals surface area contributed by atoms with Crippen LogP contribution in [0.3, 0.4) is 0 Å². The minimum Gasteiger partial charge on any atom is -0.465 e. The van der Waals surface area contributed by atoms with Crippen LogP contribution in [0.1, 0.15) is 13.8 Å². The van der Waals surface area contributed by atoms with Crippen molar-refractivity contribution < 1.29 is 39.9 Å². The molecule has 0 radical (unpaired) electrons. The van der Waals surface area contributed by atoms with Crippen molar-refractivity contribution in [2.45, 2.75) is 25.3 Å². The van der Waals surface area contributed by atoms with Gasteiger partial charge in [0.25, 0.3) is 10.0 Å². The molecular weight excluding hydrogens is 301 g/mol. The van der Waals surface area contributed by atoms with Crippen molar-refractivity contribution in [2.24, 2.45) is 0 Å². The summed E-state index contributed by atoms with van der Waals surface area (Å²) in [5, 5.41) is -5.97. The van der Waals surface area contributed by atoms with Crippen molar-refractivity contribution in [1.82, 2.24) is 4.31 Å². The fourth-order valence-corrected chi connectivity index (χ4v) is 2.26. The van der Waals surface area contributed by atoms with Crippen molar-refractivity contribution in [2.75, 3.05) is 19.7 Å². The number of hydrogen-bond acceptors (Lipinski definition) is 4. The summed E-state index contributed by atoms with van der Waals surface area (Å²) in [6.07, 6.45) is -6.27. The van der Waals surface area contributed by atoms with E-state index >= 15 is 0 Å². The number of esters is 1. The molecule has 0 rings (SSSR count). The molecule has 0 saturated carbocycles. The van der Waals surface area contributed by atoms with Crippen LogP contribution in [0.25, 0.3) is 0 Å². The largest absolute Gasteiger partial charge is 0.470 e. The quantitative estimate of drug-likeness (QED) is 0.548. The van der Waals surface area contributed by atoms with Crippen LogP contribution in [0.15, 0.2) is 0 Å². The number of rotatable bonds is 6. The van der Waals surface area contributed by atoms with Crippen LogP contribution in [0, 0.1) is 0 Å². The lowest BCUT2D eigenvalue weighted by molar-refractivity contribution is -0.242. The van der Waals surface area contributed by atoms with Gasteiger partial charge in [0.2, 0.25) is 0 Å². The van der Waals surface area contributed by atoms with Gasteiger partial charge < -0.3 is 4.74 Å². The number of nitrogens with zero attached hydrogens (tertiary/aromatic N) is 1. The zero-order valence-electron chi connectivity index (χ0n) is 10.00. The molecule has 0 amide bonds. The van der Waals surface area contributed by atoms with E-state index in [2.05, 4.69) is 4.74 Å². The summed E-state index contributed by atoms with van der Waals surface area (Å²) in [5.74, 6) is -1.22. The molecule has 0 heterocycles. The Bertz CT molecular complexity index is 419. The molecule has 0 aliphatic heterocycles. The Kier molecular flexibility index (Phi) is 5.68. The monoisotopic (exact) mass is 313 g/mol. The Morgan fingerprint density at radius 1 is 1.16 bits per heavy atom. The lowest BCUT2D eigenvalue weighted by Gasteiger charge is -2.26. The fraction of sp³-hybridized carbons (Fsp3) is 0.875. The van der Waals surface area contributed by atoms with Crippen molar-refractivity contribution in [3.05, 3.63) is 0 Å². The van der Waals surface area contributed by atoms with E-state index in [1.54, 1.807) is 0 Å². The molecule has 114 valence electrons. The van der Waals surface area contributed by atoms with Crippen molar-refractivity contribution in [3.63, 3.8) is 0 Å². The maximum atomic E-state index is 12.9. The third-order valence-corrected chi connectivity index (χ3v) is 3.90. The summed E-state index contributed by atoms with van der Waals surface area (Å²) in [6.45, 7) is 0.285. The zero-order chi connectivity index (χ0) is 15.5. The molecule has 0 spiro atoms. The number of halogens is 5. The smallest absolute Gasteiger partial charge is 0.465 e. The molecule has 0 aliphatic rings. The van der Waals surface area contributed by atoms with Gasteiger partial charge in [-0.1, -0.05) is 6.92 Å². The Morgan fingerprint density at radius 3 is 1.95 bits per heavy atom. The SMILES string of the molecule is CCOC(=O)CN(CC)S(=O)(=O)C(F)(F)C(F)(F)F. The molecule has 0 atom stereocenters. The molecule has 0 aromatic carbocycles.